The number of amides is 2. The van der Waals surface area contributed by atoms with Crippen LogP contribution in [0.4, 0.5) is 11.4 Å². The summed E-state index contributed by atoms with van der Waals surface area (Å²) in [5.41, 5.74) is 3.39. The van der Waals surface area contributed by atoms with E-state index in [0.717, 1.165) is 11.1 Å². The summed E-state index contributed by atoms with van der Waals surface area (Å²) < 4.78 is 5.12. The van der Waals surface area contributed by atoms with Crippen molar-refractivity contribution in [3.8, 4) is 0 Å². The zero-order chi connectivity index (χ0) is 20.3. The van der Waals surface area contributed by atoms with Gasteiger partial charge in [-0.05, 0) is 61.4 Å². The Morgan fingerprint density at radius 2 is 1.79 bits per heavy atom. The molecule has 1 aliphatic rings. The summed E-state index contributed by atoms with van der Waals surface area (Å²) in [6.45, 7) is 3.70. The van der Waals surface area contributed by atoms with Crippen LogP contribution >= 0.6 is 11.6 Å². The molecule has 1 N–H and O–H groups in total. The molecule has 0 saturated carbocycles. The molecule has 0 bridgehead atoms. The second kappa shape index (κ2) is 8.44. The van der Waals surface area contributed by atoms with Crippen LogP contribution in [-0.2, 0) is 19.1 Å². The molecule has 6 nitrogen and oxygen atoms in total. The molecule has 0 aliphatic carbocycles. The van der Waals surface area contributed by atoms with Gasteiger partial charge in [0.2, 0.25) is 5.91 Å². The lowest BCUT2D eigenvalue weighted by molar-refractivity contribution is -0.151. The van der Waals surface area contributed by atoms with E-state index in [9.17, 15) is 14.4 Å². The zero-order valence-corrected chi connectivity index (χ0v) is 16.5. The summed E-state index contributed by atoms with van der Waals surface area (Å²) in [6, 6.07) is 12.5. The van der Waals surface area contributed by atoms with Crippen molar-refractivity contribution in [2.45, 2.75) is 20.3 Å². The van der Waals surface area contributed by atoms with E-state index in [0.29, 0.717) is 16.4 Å². The predicted octanol–water partition coefficient (Wildman–Crippen LogP) is 3.49. The average molecular weight is 401 g/mol. The fourth-order valence-corrected chi connectivity index (χ4v) is 3.36. The van der Waals surface area contributed by atoms with Gasteiger partial charge in [0.25, 0.3) is 5.91 Å². The van der Waals surface area contributed by atoms with E-state index < -0.39 is 24.4 Å². The largest absolute Gasteiger partial charge is 0.455 e. The van der Waals surface area contributed by atoms with Gasteiger partial charge in [-0.15, -0.1) is 0 Å². The fraction of sp³-hybridized carbons (Fsp3) is 0.286. The number of carbonyl (C=O) groups is 3. The molecule has 2 amide bonds. The van der Waals surface area contributed by atoms with Gasteiger partial charge in [-0.1, -0.05) is 17.7 Å². The molecule has 146 valence electrons. The third-order valence-electron chi connectivity index (χ3n) is 4.45. The van der Waals surface area contributed by atoms with Crippen LogP contribution in [-0.4, -0.2) is 30.9 Å². The number of carbonyl (C=O) groups excluding carboxylic acids is 3. The van der Waals surface area contributed by atoms with Crippen molar-refractivity contribution in [1.29, 1.82) is 0 Å². The van der Waals surface area contributed by atoms with E-state index in [1.165, 1.54) is 4.90 Å². The maximum Gasteiger partial charge on any atom is 0.311 e. The first-order valence-corrected chi connectivity index (χ1v) is 9.30. The molecule has 28 heavy (non-hydrogen) atoms. The number of anilines is 2. The van der Waals surface area contributed by atoms with Gasteiger partial charge in [0.1, 0.15) is 0 Å². The predicted molar refractivity (Wildman–Crippen MR) is 107 cm³/mol. The van der Waals surface area contributed by atoms with Gasteiger partial charge in [0, 0.05) is 29.4 Å². The molecule has 1 atom stereocenters. The van der Waals surface area contributed by atoms with Gasteiger partial charge >= 0.3 is 5.97 Å². The Morgan fingerprint density at radius 3 is 2.43 bits per heavy atom. The lowest BCUT2D eigenvalue weighted by Gasteiger charge is -2.16. The van der Waals surface area contributed by atoms with E-state index >= 15 is 0 Å². The number of aryl methyl sites for hydroxylation is 2. The summed E-state index contributed by atoms with van der Waals surface area (Å²) in [5.74, 6) is -1.74. The summed E-state index contributed by atoms with van der Waals surface area (Å²) in [6.07, 6.45) is 0.0557. The molecule has 7 heteroatoms. The van der Waals surface area contributed by atoms with Gasteiger partial charge in [-0.3, -0.25) is 14.4 Å². The molecule has 1 saturated heterocycles. The Bertz CT molecular complexity index is 891. The van der Waals surface area contributed by atoms with Crippen LogP contribution in [0.5, 0.6) is 0 Å². The highest BCUT2D eigenvalue weighted by Gasteiger charge is 2.36. The first-order valence-electron chi connectivity index (χ1n) is 8.92. The van der Waals surface area contributed by atoms with Crippen molar-refractivity contribution in [3.05, 3.63) is 58.6 Å². The minimum Gasteiger partial charge on any atom is -0.455 e. The van der Waals surface area contributed by atoms with Crippen molar-refractivity contribution < 1.29 is 19.1 Å². The quantitative estimate of drug-likeness (QED) is 0.779. The summed E-state index contributed by atoms with van der Waals surface area (Å²) in [5, 5.41) is 3.28. The third kappa shape index (κ3) is 4.89. The maximum absolute atomic E-state index is 12.3. The van der Waals surface area contributed by atoms with Crippen molar-refractivity contribution in [2.75, 3.05) is 23.4 Å². The third-order valence-corrected chi connectivity index (χ3v) is 4.70. The molecular formula is C21H21ClN2O4. The standard InChI is InChI=1S/C21H21ClN2O4/c1-13-7-14(2)9-17(8-13)23-19(25)12-28-21(27)15-10-20(26)24(11-15)18-5-3-16(22)4-6-18/h3-9,15H,10-12H2,1-2H3,(H,23,25)/t15-/m0/s1. The first-order chi connectivity index (χ1) is 13.3. The lowest BCUT2D eigenvalue weighted by atomic mass is 10.1. The van der Waals surface area contributed by atoms with Crippen LogP contribution in [0.2, 0.25) is 5.02 Å². The normalized spacial score (nSPS) is 16.2. The first kappa shape index (κ1) is 19.9. The molecule has 2 aromatic carbocycles. The second-order valence-corrected chi connectivity index (χ2v) is 7.35. The average Bonchev–Trinajstić information content (AvgIpc) is 3.01. The molecule has 1 fully saturated rings. The Balaban J connectivity index is 1.53. The zero-order valence-electron chi connectivity index (χ0n) is 15.7. The SMILES string of the molecule is Cc1cc(C)cc(NC(=O)COC(=O)[C@H]2CC(=O)N(c3ccc(Cl)cc3)C2)c1. The highest BCUT2D eigenvalue weighted by molar-refractivity contribution is 6.30. The number of halogens is 1. The summed E-state index contributed by atoms with van der Waals surface area (Å²) in [7, 11) is 0. The number of hydrogen-bond acceptors (Lipinski definition) is 4. The molecule has 1 aliphatic heterocycles. The van der Waals surface area contributed by atoms with Crippen LogP contribution in [0.3, 0.4) is 0 Å². The highest BCUT2D eigenvalue weighted by Crippen LogP contribution is 2.27. The molecule has 3 rings (SSSR count). The van der Waals surface area contributed by atoms with Crippen LogP contribution in [0.1, 0.15) is 17.5 Å². The fourth-order valence-electron chi connectivity index (χ4n) is 3.23. The number of nitrogens with zero attached hydrogens (tertiary/aromatic N) is 1. The molecule has 0 unspecified atom stereocenters. The Hall–Kier alpha value is -2.86. The molecule has 2 aromatic rings. The Labute approximate surface area is 168 Å². The van der Waals surface area contributed by atoms with Crippen molar-refractivity contribution in [3.63, 3.8) is 0 Å². The van der Waals surface area contributed by atoms with E-state index in [1.54, 1.807) is 24.3 Å². The van der Waals surface area contributed by atoms with E-state index in [4.69, 9.17) is 16.3 Å². The molecule has 0 spiro atoms. The van der Waals surface area contributed by atoms with Crippen molar-refractivity contribution >= 4 is 40.8 Å². The second-order valence-electron chi connectivity index (χ2n) is 6.91. The molecule has 1 heterocycles. The summed E-state index contributed by atoms with van der Waals surface area (Å²) >= 11 is 5.86. The van der Waals surface area contributed by atoms with Crippen LogP contribution in [0, 0.1) is 19.8 Å². The number of benzene rings is 2. The summed E-state index contributed by atoms with van der Waals surface area (Å²) in [4.78, 5) is 38.1. The number of ether oxygens (including phenoxy) is 1. The number of hydrogen-bond donors (Lipinski definition) is 1. The van der Waals surface area contributed by atoms with E-state index in [2.05, 4.69) is 5.32 Å². The molecular weight excluding hydrogens is 380 g/mol. The minimum absolute atomic E-state index is 0.0557. The van der Waals surface area contributed by atoms with Crippen LogP contribution < -0.4 is 10.2 Å². The van der Waals surface area contributed by atoms with Gasteiger partial charge in [0.15, 0.2) is 6.61 Å². The molecule has 0 aromatic heterocycles. The lowest BCUT2D eigenvalue weighted by Crippen LogP contribution is -2.28. The van der Waals surface area contributed by atoms with Gasteiger partial charge in [-0.2, -0.15) is 0 Å². The van der Waals surface area contributed by atoms with Crippen LogP contribution in [0.25, 0.3) is 0 Å². The van der Waals surface area contributed by atoms with Gasteiger partial charge in [0.05, 0.1) is 5.92 Å². The van der Waals surface area contributed by atoms with E-state index in [1.807, 2.05) is 32.0 Å². The van der Waals surface area contributed by atoms with Gasteiger partial charge < -0.3 is 15.0 Å². The smallest absolute Gasteiger partial charge is 0.311 e. The maximum atomic E-state index is 12.3. The topological polar surface area (TPSA) is 75.7 Å². The number of nitrogens with one attached hydrogen (secondary N) is 1. The Morgan fingerprint density at radius 1 is 1.14 bits per heavy atom. The van der Waals surface area contributed by atoms with Crippen molar-refractivity contribution in [2.24, 2.45) is 5.92 Å². The number of rotatable bonds is 5. The number of esters is 1. The molecule has 0 radical (unpaired) electrons. The highest BCUT2D eigenvalue weighted by atomic mass is 35.5. The van der Waals surface area contributed by atoms with E-state index in [-0.39, 0.29) is 18.9 Å². The minimum atomic E-state index is -0.600. The van der Waals surface area contributed by atoms with Gasteiger partial charge in [-0.25, -0.2) is 0 Å². The van der Waals surface area contributed by atoms with Crippen molar-refractivity contribution in [1.82, 2.24) is 0 Å². The Kier molecular flexibility index (Phi) is 5.99. The monoisotopic (exact) mass is 400 g/mol. The van der Waals surface area contributed by atoms with Crippen LogP contribution in [0.15, 0.2) is 42.5 Å².